The van der Waals surface area contributed by atoms with Crippen molar-refractivity contribution in [3.63, 3.8) is 0 Å². The van der Waals surface area contributed by atoms with E-state index in [1.54, 1.807) is 18.5 Å². The van der Waals surface area contributed by atoms with Gasteiger partial charge in [-0.2, -0.15) is 5.26 Å². The highest BCUT2D eigenvalue weighted by molar-refractivity contribution is 7.71. The van der Waals surface area contributed by atoms with Crippen LogP contribution >= 0.6 is 12.2 Å². The van der Waals surface area contributed by atoms with E-state index in [9.17, 15) is 0 Å². The molecule has 0 N–H and O–H groups in total. The highest BCUT2D eigenvalue weighted by atomic mass is 32.1. The Balaban J connectivity index is 1.43. The van der Waals surface area contributed by atoms with Gasteiger partial charge in [-0.25, -0.2) is 9.67 Å². The fraction of sp³-hybridized carbons (Fsp3) is 0.333. The topological polar surface area (TPSA) is 79.0 Å². The maximum Gasteiger partial charge on any atom is 0.199 e. The number of rotatable bonds is 4. The highest BCUT2D eigenvalue weighted by Crippen LogP contribution is 2.19. The Hall–Kier alpha value is -2.96. The molecule has 0 aliphatic carbocycles. The molecular weight excluding hydrogens is 362 g/mol. The summed E-state index contributed by atoms with van der Waals surface area (Å²) in [5, 5.41) is 13.7. The van der Waals surface area contributed by atoms with E-state index in [1.165, 1.54) is 0 Å². The van der Waals surface area contributed by atoms with Crippen LogP contribution in [0, 0.1) is 16.1 Å². The molecule has 8 nitrogen and oxygen atoms in total. The van der Waals surface area contributed by atoms with E-state index in [0.717, 1.165) is 37.8 Å². The van der Waals surface area contributed by atoms with Crippen LogP contribution in [0.1, 0.15) is 5.56 Å². The average molecular weight is 381 g/mol. The summed E-state index contributed by atoms with van der Waals surface area (Å²) in [5.74, 6) is 2.28. The quantitative estimate of drug-likeness (QED) is 0.641. The molecule has 0 amide bonds. The van der Waals surface area contributed by atoms with Gasteiger partial charge in [-0.15, -0.1) is 5.10 Å². The molecular formula is C18H19N7OS. The van der Waals surface area contributed by atoms with Crippen LogP contribution in [0.5, 0.6) is 0 Å². The van der Waals surface area contributed by atoms with Crippen LogP contribution in [0.3, 0.4) is 0 Å². The van der Waals surface area contributed by atoms with Crippen molar-refractivity contribution in [2.75, 3.05) is 31.1 Å². The van der Waals surface area contributed by atoms with Crippen molar-refractivity contribution in [3.8, 4) is 17.7 Å². The summed E-state index contributed by atoms with van der Waals surface area (Å²) in [6, 6.07) is 9.43. The fourth-order valence-electron chi connectivity index (χ4n) is 3.17. The monoisotopic (exact) mass is 381 g/mol. The minimum atomic E-state index is 0.632. The van der Waals surface area contributed by atoms with E-state index in [0.29, 0.717) is 22.8 Å². The molecule has 1 aliphatic rings. The molecule has 0 atom stereocenters. The first-order valence-corrected chi connectivity index (χ1v) is 9.07. The van der Waals surface area contributed by atoms with E-state index in [-0.39, 0.29) is 0 Å². The van der Waals surface area contributed by atoms with Gasteiger partial charge in [0.2, 0.25) is 0 Å². The maximum atomic E-state index is 9.05. The second-order valence-corrected chi connectivity index (χ2v) is 6.77. The van der Waals surface area contributed by atoms with E-state index in [2.05, 4.69) is 26.0 Å². The van der Waals surface area contributed by atoms with Crippen LogP contribution in [-0.2, 0) is 13.7 Å². The van der Waals surface area contributed by atoms with Crippen molar-refractivity contribution in [1.82, 2.24) is 24.2 Å². The van der Waals surface area contributed by atoms with Gasteiger partial charge in [-0.3, -0.25) is 4.90 Å². The van der Waals surface area contributed by atoms with Crippen molar-refractivity contribution in [1.29, 1.82) is 5.26 Å². The lowest BCUT2D eigenvalue weighted by atomic mass is 10.2. The fourth-order valence-corrected chi connectivity index (χ4v) is 3.35. The van der Waals surface area contributed by atoms with E-state index < -0.39 is 0 Å². The molecule has 3 aromatic rings. The summed E-state index contributed by atoms with van der Waals surface area (Å²) in [7, 11) is 1.90. The smallest absolute Gasteiger partial charge is 0.199 e. The summed E-state index contributed by atoms with van der Waals surface area (Å²) >= 11 is 5.53. The molecule has 3 aromatic heterocycles. The molecule has 0 bridgehead atoms. The van der Waals surface area contributed by atoms with Crippen LogP contribution in [0.4, 0.5) is 5.82 Å². The molecule has 4 heterocycles. The highest BCUT2D eigenvalue weighted by Gasteiger charge is 2.20. The predicted octanol–water partition coefficient (Wildman–Crippen LogP) is 2.26. The van der Waals surface area contributed by atoms with Gasteiger partial charge in [0.15, 0.2) is 16.4 Å². The third-order valence-corrected chi connectivity index (χ3v) is 5.17. The van der Waals surface area contributed by atoms with Gasteiger partial charge in [-0.1, -0.05) is 0 Å². The van der Waals surface area contributed by atoms with Crippen molar-refractivity contribution in [2.24, 2.45) is 7.05 Å². The first-order chi connectivity index (χ1) is 13.2. The number of nitrogens with zero attached hydrogens (tertiary/aromatic N) is 7. The minimum absolute atomic E-state index is 0.632. The molecule has 138 valence electrons. The zero-order chi connectivity index (χ0) is 18.8. The lowest BCUT2D eigenvalue weighted by Crippen LogP contribution is -2.47. The normalized spacial score (nSPS) is 15.0. The van der Waals surface area contributed by atoms with Crippen molar-refractivity contribution >= 4 is 18.0 Å². The van der Waals surface area contributed by atoms with Gasteiger partial charge in [-0.05, 0) is 36.5 Å². The molecule has 0 aromatic carbocycles. The summed E-state index contributed by atoms with van der Waals surface area (Å²) in [6.45, 7) is 4.05. The Bertz CT molecular complexity index is 1020. The van der Waals surface area contributed by atoms with Gasteiger partial charge in [0.05, 0.1) is 24.6 Å². The average Bonchev–Trinajstić information content (AvgIpc) is 3.33. The molecule has 0 saturated carbocycles. The van der Waals surface area contributed by atoms with Crippen LogP contribution in [0.2, 0.25) is 0 Å². The number of anilines is 1. The molecule has 1 saturated heterocycles. The van der Waals surface area contributed by atoms with Crippen molar-refractivity contribution in [3.05, 3.63) is 47.1 Å². The van der Waals surface area contributed by atoms with Crippen LogP contribution in [-0.4, -0.2) is 50.4 Å². The van der Waals surface area contributed by atoms with E-state index in [1.807, 2.05) is 34.5 Å². The third-order valence-electron chi connectivity index (χ3n) is 4.69. The van der Waals surface area contributed by atoms with Crippen molar-refractivity contribution < 1.29 is 4.42 Å². The summed E-state index contributed by atoms with van der Waals surface area (Å²) in [4.78, 5) is 8.89. The van der Waals surface area contributed by atoms with Crippen LogP contribution in [0.25, 0.3) is 11.6 Å². The maximum absolute atomic E-state index is 9.05. The lowest BCUT2D eigenvalue weighted by molar-refractivity contribution is 0.194. The molecule has 0 radical (unpaired) electrons. The third kappa shape index (κ3) is 3.49. The van der Waals surface area contributed by atoms with Gasteiger partial charge in [0.1, 0.15) is 5.82 Å². The van der Waals surface area contributed by atoms with Crippen LogP contribution in [0.15, 0.2) is 41.1 Å². The number of furan rings is 1. The number of nitriles is 1. The Morgan fingerprint density at radius 3 is 2.78 bits per heavy atom. The van der Waals surface area contributed by atoms with E-state index in [4.69, 9.17) is 21.9 Å². The Labute approximate surface area is 161 Å². The van der Waals surface area contributed by atoms with E-state index >= 15 is 0 Å². The van der Waals surface area contributed by atoms with Gasteiger partial charge in [0, 0.05) is 39.4 Å². The molecule has 4 rings (SSSR count). The molecule has 1 aliphatic heterocycles. The Morgan fingerprint density at radius 2 is 2.07 bits per heavy atom. The lowest BCUT2D eigenvalue weighted by Gasteiger charge is -2.35. The number of pyridine rings is 1. The molecule has 9 heteroatoms. The number of piperazine rings is 1. The second-order valence-electron chi connectivity index (χ2n) is 6.40. The first-order valence-electron chi connectivity index (χ1n) is 8.67. The number of hydrogen-bond donors (Lipinski definition) is 0. The Morgan fingerprint density at radius 1 is 1.26 bits per heavy atom. The predicted molar refractivity (Wildman–Crippen MR) is 102 cm³/mol. The second kappa shape index (κ2) is 7.34. The molecule has 27 heavy (non-hydrogen) atoms. The standard InChI is InChI=1S/C18H19N7OS/c1-22-17(15-3-2-10-26-15)21-25(18(22)27)13-23-6-8-24(9-7-23)16-11-14(12-19)4-5-20-16/h2-5,10-11H,6-9,13H2,1H3. The summed E-state index contributed by atoms with van der Waals surface area (Å²) in [5.41, 5.74) is 0.632. The summed E-state index contributed by atoms with van der Waals surface area (Å²) in [6.07, 6.45) is 3.32. The van der Waals surface area contributed by atoms with Crippen LogP contribution < -0.4 is 4.90 Å². The molecule has 0 unspecified atom stereocenters. The van der Waals surface area contributed by atoms with Crippen molar-refractivity contribution in [2.45, 2.75) is 6.67 Å². The van der Waals surface area contributed by atoms with Gasteiger partial charge < -0.3 is 13.9 Å². The zero-order valence-corrected chi connectivity index (χ0v) is 15.8. The minimum Gasteiger partial charge on any atom is -0.461 e. The number of aromatic nitrogens is 4. The summed E-state index contributed by atoms with van der Waals surface area (Å²) < 4.78 is 9.80. The van der Waals surface area contributed by atoms with Gasteiger partial charge >= 0.3 is 0 Å². The van der Waals surface area contributed by atoms with Gasteiger partial charge in [0.25, 0.3) is 0 Å². The Kier molecular flexibility index (Phi) is 4.75. The zero-order valence-electron chi connectivity index (χ0n) is 14.9. The first kappa shape index (κ1) is 17.5. The molecule has 1 fully saturated rings. The number of hydrogen-bond acceptors (Lipinski definition) is 7. The largest absolute Gasteiger partial charge is 0.461 e. The molecule has 0 spiro atoms. The SMILES string of the molecule is Cn1c(-c2ccco2)nn(CN2CCN(c3cc(C#N)ccn3)CC2)c1=S.